The molecule has 1 aromatic heterocycles. The molecule has 0 aliphatic carbocycles. The molecule has 0 saturated carbocycles. The molecule has 0 radical (unpaired) electrons. The van der Waals surface area contributed by atoms with Crippen molar-refractivity contribution in [3.05, 3.63) is 47.4 Å². The Labute approximate surface area is 160 Å². The zero-order chi connectivity index (χ0) is 17.9. The Hall–Kier alpha value is -1.85. The molecule has 2 aromatic rings. The highest BCUT2D eigenvalue weighted by atomic mass is 35.5. The van der Waals surface area contributed by atoms with Crippen LogP contribution in [-0.2, 0) is 6.54 Å². The fourth-order valence-corrected chi connectivity index (χ4v) is 4.75. The van der Waals surface area contributed by atoms with Crippen LogP contribution in [0.3, 0.4) is 0 Å². The maximum absolute atomic E-state index is 6.25. The lowest BCUT2D eigenvalue weighted by Crippen LogP contribution is -2.54. The van der Waals surface area contributed by atoms with Crippen molar-refractivity contribution in [2.45, 2.75) is 31.8 Å². The zero-order valence-corrected chi connectivity index (χ0v) is 16.0. The molecule has 0 bridgehead atoms. The van der Waals surface area contributed by atoms with Gasteiger partial charge >= 0.3 is 0 Å². The monoisotopic (exact) mass is 371 g/mol. The van der Waals surface area contributed by atoms with Crippen molar-refractivity contribution >= 4 is 23.1 Å². The second kappa shape index (κ2) is 7.80. The van der Waals surface area contributed by atoms with Gasteiger partial charge in [-0.05, 0) is 37.3 Å². The van der Waals surface area contributed by atoms with Gasteiger partial charge in [-0.15, -0.1) is 0 Å². The Bertz CT molecular complexity index is 738. The van der Waals surface area contributed by atoms with Gasteiger partial charge in [0.1, 0.15) is 12.0 Å². The lowest BCUT2D eigenvalue weighted by atomic mass is 9.83. The molecule has 0 spiro atoms. The van der Waals surface area contributed by atoms with E-state index in [-0.39, 0.29) is 0 Å². The maximum Gasteiger partial charge on any atom is 0.157 e. The van der Waals surface area contributed by atoms with Crippen LogP contribution in [0.1, 0.15) is 24.8 Å². The molecule has 6 heteroatoms. The SMILES string of the molecule is CNc1c(Cl)ncnc1N1CCC2C(CCCN2Cc2ccccc2)C1. The molecule has 5 nitrogen and oxygen atoms in total. The van der Waals surface area contributed by atoms with Crippen LogP contribution in [0.5, 0.6) is 0 Å². The van der Waals surface area contributed by atoms with Crippen LogP contribution in [0.2, 0.25) is 5.15 Å². The minimum absolute atomic E-state index is 0.494. The third kappa shape index (κ3) is 3.51. The molecule has 3 heterocycles. The number of aromatic nitrogens is 2. The molecule has 2 atom stereocenters. The van der Waals surface area contributed by atoms with Gasteiger partial charge in [0.05, 0.1) is 0 Å². The van der Waals surface area contributed by atoms with Crippen LogP contribution in [0.15, 0.2) is 36.7 Å². The number of hydrogen-bond donors (Lipinski definition) is 1. The largest absolute Gasteiger partial charge is 0.383 e. The molecule has 0 amide bonds. The fourth-order valence-electron chi connectivity index (χ4n) is 4.52. The molecule has 1 N–H and O–H groups in total. The molecule has 2 unspecified atom stereocenters. The standard InChI is InChI=1S/C20H26ClN5/c1-22-18-19(21)23-14-24-20(18)26-11-9-17-16(13-26)8-5-10-25(17)12-15-6-3-2-4-7-15/h2-4,6-7,14,16-17,22H,5,8-13H2,1H3. The highest BCUT2D eigenvalue weighted by molar-refractivity contribution is 6.32. The topological polar surface area (TPSA) is 44.3 Å². The summed E-state index contributed by atoms with van der Waals surface area (Å²) in [6.07, 6.45) is 5.29. The number of nitrogens with zero attached hydrogens (tertiary/aromatic N) is 4. The van der Waals surface area contributed by atoms with Gasteiger partial charge in [0.2, 0.25) is 0 Å². The predicted molar refractivity (Wildman–Crippen MR) is 107 cm³/mol. The van der Waals surface area contributed by atoms with Gasteiger partial charge < -0.3 is 10.2 Å². The Morgan fingerprint density at radius 3 is 2.81 bits per heavy atom. The van der Waals surface area contributed by atoms with Crippen LogP contribution < -0.4 is 10.2 Å². The van der Waals surface area contributed by atoms with Crippen molar-refractivity contribution in [2.75, 3.05) is 36.9 Å². The molecule has 2 fully saturated rings. The van der Waals surface area contributed by atoms with Crippen molar-refractivity contribution in [2.24, 2.45) is 5.92 Å². The number of halogens is 1. The fraction of sp³-hybridized carbons (Fsp3) is 0.500. The van der Waals surface area contributed by atoms with Gasteiger partial charge in [-0.1, -0.05) is 41.9 Å². The molecular formula is C20H26ClN5. The van der Waals surface area contributed by atoms with Gasteiger partial charge in [0, 0.05) is 32.7 Å². The average Bonchev–Trinajstić information content (AvgIpc) is 2.68. The Balaban J connectivity index is 1.49. The van der Waals surface area contributed by atoms with E-state index in [2.05, 4.69) is 55.4 Å². The first-order chi connectivity index (χ1) is 12.8. The Morgan fingerprint density at radius 1 is 1.15 bits per heavy atom. The van der Waals surface area contributed by atoms with Crippen molar-refractivity contribution in [3.8, 4) is 0 Å². The second-order valence-electron chi connectivity index (χ2n) is 7.27. The minimum atomic E-state index is 0.494. The van der Waals surface area contributed by atoms with E-state index in [9.17, 15) is 0 Å². The van der Waals surface area contributed by atoms with Crippen molar-refractivity contribution in [3.63, 3.8) is 0 Å². The van der Waals surface area contributed by atoms with E-state index in [1.54, 1.807) is 6.33 Å². The van der Waals surface area contributed by atoms with Gasteiger partial charge in [-0.3, -0.25) is 4.90 Å². The number of rotatable bonds is 4. The Kier molecular flexibility index (Phi) is 5.27. The van der Waals surface area contributed by atoms with Crippen LogP contribution in [-0.4, -0.2) is 47.6 Å². The van der Waals surface area contributed by atoms with Gasteiger partial charge in [0.25, 0.3) is 0 Å². The molecule has 26 heavy (non-hydrogen) atoms. The molecule has 4 rings (SSSR count). The first kappa shape index (κ1) is 17.6. The summed E-state index contributed by atoms with van der Waals surface area (Å²) in [6, 6.07) is 11.5. The van der Waals surface area contributed by atoms with E-state index in [0.29, 0.717) is 17.1 Å². The van der Waals surface area contributed by atoms with Crippen LogP contribution in [0.25, 0.3) is 0 Å². The highest BCUT2D eigenvalue weighted by Crippen LogP contribution is 2.36. The summed E-state index contributed by atoms with van der Waals surface area (Å²) in [5.74, 6) is 1.62. The number of anilines is 2. The molecular weight excluding hydrogens is 346 g/mol. The second-order valence-corrected chi connectivity index (χ2v) is 7.63. The van der Waals surface area contributed by atoms with Crippen LogP contribution in [0, 0.1) is 5.92 Å². The van der Waals surface area contributed by atoms with E-state index in [1.165, 1.54) is 31.4 Å². The number of fused-ring (bicyclic) bond motifs is 1. The zero-order valence-electron chi connectivity index (χ0n) is 15.2. The number of hydrogen-bond acceptors (Lipinski definition) is 5. The van der Waals surface area contributed by atoms with Crippen LogP contribution >= 0.6 is 11.6 Å². The summed E-state index contributed by atoms with van der Waals surface area (Å²) in [5.41, 5.74) is 2.25. The normalized spacial score (nSPS) is 23.5. The first-order valence-corrected chi connectivity index (χ1v) is 9.85. The van der Waals surface area contributed by atoms with Crippen molar-refractivity contribution < 1.29 is 0 Å². The summed E-state index contributed by atoms with van der Waals surface area (Å²) >= 11 is 6.25. The molecule has 2 saturated heterocycles. The quantitative estimate of drug-likeness (QED) is 0.831. The molecule has 2 aliphatic heterocycles. The summed E-state index contributed by atoms with van der Waals surface area (Å²) in [4.78, 5) is 13.7. The summed E-state index contributed by atoms with van der Waals surface area (Å²) in [5, 5.41) is 3.66. The van der Waals surface area contributed by atoms with Crippen LogP contribution in [0.4, 0.5) is 11.5 Å². The van der Waals surface area contributed by atoms with E-state index in [0.717, 1.165) is 31.1 Å². The first-order valence-electron chi connectivity index (χ1n) is 9.47. The molecule has 138 valence electrons. The lowest BCUT2D eigenvalue weighted by molar-refractivity contribution is 0.0701. The van der Waals surface area contributed by atoms with Gasteiger partial charge in [-0.25, -0.2) is 9.97 Å². The number of nitrogens with one attached hydrogen (secondary N) is 1. The molecule has 1 aromatic carbocycles. The number of likely N-dealkylation sites (tertiary alicyclic amines) is 1. The minimum Gasteiger partial charge on any atom is -0.383 e. The summed E-state index contributed by atoms with van der Waals surface area (Å²) < 4.78 is 0. The summed E-state index contributed by atoms with van der Waals surface area (Å²) in [7, 11) is 1.88. The van der Waals surface area contributed by atoms with Gasteiger partial charge in [0.15, 0.2) is 11.0 Å². The highest BCUT2D eigenvalue weighted by Gasteiger charge is 2.36. The number of benzene rings is 1. The smallest absolute Gasteiger partial charge is 0.157 e. The third-order valence-corrected chi connectivity index (χ3v) is 6.03. The van der Waals surface area contributed by atoms with Crippen molar-refractivity contribution in [1.82, 2.24) is 14.9 Å². The number of piperidine rings is 2. The van der Waals surface area contributed by atoms with E-state index < -0.39 is 0 Å². The van der Waals surface area contributed by atoms with Crippen molar-refractivity contribution in [1.29, 1.82) is 0 Å². The van der Waals surface area contributed by atoms with Gasteiger partial charge in [-0.2, -0.15) is 0 Å². The maximum atomic E-state index is 6.25. The molecule has 2 aliphatic rings. The van der Waals surface area contributed by atoms with E-state index >= 15 is 0 Å². The third-order valence-electron chi connectivity index (χ3n) is 5.74. The van der Waals surface area contributed by atoms with E-state index in [4.69, 9.17) is 11.6 Å². The predicted octanol–water partition coefficient (Wildman–Crippen LogP) is 3.66. The average molecular weight is 372 g/mol. The summed E-state index contributed by atoms with van der Waals surface area (Å²) in [6.45, 7) is 4.31. The lowest BCUT2D eigenvalue weighted by Gasteiger charge is -2.47. The Morgan fingerprint density at radius 2 is 2.00 bits per heavy atom. The van der Waals surface area contributed by atoms with E-state index in [1.807, 2.05) is 7.05 Å².